The van der Waals surface area contributed by atoms with Gasteiger partial charge in [0.1, 0.15) is 0 Å². The Labute approximate surface area is 73.6 Å². The molecule has 0 N–H and O–H groups in total. The molecule has 0 aliphatic rings. The monoisotopic (exact) mass is 154 g/mol. The number of hydrogen-bond acceptors (Lipinski definition) is 0. The van der Waals surface area contributed by atoms with E-state index >= 15 is 0 Å². The molecule has 0 aliphatic heterocycles. The minimum Gasteiger partial charge on any atom is -0.0925 e. The van der Waals surface area contributed by atoms with Gasteiger partial charge in [0.25, 0.3) is 0 Å². The van der Waals surface area contributed by atoms with Crippen LogP contribution in [0.4, 0.5) is 0 Å². The van der Waals surface area contributed by atoms with Crippen molar-refractivity contribution in [2.45, 2.75) is 13.8 Å². The first-order valence-corrected chi connectivity index (χ1v) is 3.82. The second kappa shape index (κ2) is 4.27. The summed E-state index contributed by atoms with van der Waals surface area (Å²) in [5.74, 6) is 11.1. The minimum absolute atomic E-state index is 1.02. The van der Waals surface area contributed by atoms with Crippen LogP contribution in [0, 0.1) is 30.6 Å². The van der Waals surface area contributed by atoms with Gasteiger partial charge in [-0.3, -0.25) is 0 Å². The third-order valence-corrected chi connectivity index (χ3v) is 1.45. The van der Waals surface area contributed by atoms with Crippen molar-refractivity contribution >= 4 is 0 Å². The topological polar surface area (TPSA) is 0 Å². The molecule has 0 amide bonds. The molecular formula is C12H10. The Morgan fingerprint density at radius 3 is 2.25 bits per heavy atom. The van der Waals surface area contributed by atoms with E-state index in [0.29, 0.717) is 0 Å². The molecule has 1 rings (SSSR count). The van der Waals surface area contributed by atoms with Crippen LogP contribution >= 0.6 is 0 Å². The lowest BCUT2D eigenvalue weighted by molar-refractivity contribution is 1.46. The second-order valence-electron chi connectivity index (χ2n) is 2.49. The number of hydrogen-bond donors (Lipinski definition) is 0. The Hall–Kier alpha value is -1.66. The molecule has 58 valence electrons. The average molecular weight is 154 g/mol. The van der Waals surface area contributed by atoms with E-state index in [1.54, 1.807) is 6.92 Å². The maximum absolute atomic E-state index is 2.95. The highest BCUT2D eigenvalue weighted by molar-refractivity contribution is 5.40. The van der Waals surface area contributed by atoms with Crippen molar-refractivity contribution < 1.29 is 0 Å². The van der Waals surface area contributed by atoms with Gasteiger partial charge in [-0.25, -0.2) is 0 Å². The maximum Gasteiger partial charge on any atom is 0.0255 e. The van der Waals surface area contributed by atoms with Gasteiger partial charge in [-0.15, -0.1) is 0 Å². The number of benzene rings is 1. The quantitative estimate of drug-likeness (QED) is 0.503. The average Bonchev–Trinajstić information content (AvgIpc) is 2.09. The predicted octanol–water partition coefficient (Wildman–Crippen LogP) is 2.37. The summed E-state index contributed by atoms with van der Waals surface area (Å²) in [6.07, 6.45) is 0. The van der Waals surface area contributed by atoms with Gasteiger partial charge >= 0.3 is 0 Å². The van der Waals surface area contributed by atoms with Gasteiger partial charge in [0, 0.05) is 5.56 Å². The summed E-state index contributed by atoms with van der Waals surface area (Å²) in [6, 6.07) is 8.09. The van der Waals surface area contributed by atoms with Crippen molar-refractivity contribution in [3.63, 3.8) is 0 Å². The van der Waals surface area contributed by atoms with Gasteiger partial charge in [0.05, 0.1) is 0 Å². The normalized spacial score (nSPS) is 7.50. The van der Waals surface area contributed by atoms with Gasteiger partial charge in [-0.2, -0.15) is 0 Å². The molecule has 0 radical (unpaired) electrons. The van der Waals surface area contributed by atoms with Crippen molar-refractivity contribution in [3.8, 4) is 23.7 Å². The minimum atomic E-state index is 1.02. The first kappa shape index (κ1) is 8.44. The molecule has 0 heteroatoms. The Bertz CT molecular complexity index is 360. The number of rotatable bonds is 0. The van der Waals surface area contributed by atoms with E-state index in [4.69, 9.17) is 0 Å². The standard InChI is InChI=1S/C12H10/c1-3-4-5-6-12-9-7-11(2)8-10-12/h7-10H,1-2H3. The summed E-state index contributed by atoms with van der Waals surface area (Å²) >= 11 is 0. The fourth-order valence-corrected chi connectivity index (χ4v) is 0.803. The number of aryl methyl sites for hydroxylation is 1. The SMILES string of the molecule is CC#CC#Cc1ccc(C)cc1. The van der Waals surface area contributed by atoms with Crippen LogP contribution in [0.1, 0.15) is 18.1 Å². The molecule has 0 nitrogen and oxygen atoms in total. The molecule has 0 heterocycles. The first-order valence-electron chi connectivity index (χ1n) is 3.82. The Balaban J connectivity index is 2.84. The molecule has 0 atom stereocenters. The Morgan fingerprint density at radius 1 is 1.00 bits per heavy atom. The lowest BCUT2D eigenvalue weighted by Gasteiger charge is -1.89. The van der Waals surface area contributed by atoms with E-state index in [1.165, 1.54) is 5.56 Å². The van der Waals surface area contributed by atoms with Crippen LogP contribution in [0.25, 0.3) is 0 Å². The smallest absolute Gasteiger partial charge is 0.0255 e. The molecule has 0 spiro atoms. The van der Waals surface area contributed by atoms with Crippen molar-refractivity contribution in [3.05, 3.63) is 35.4 Å². The van der Waals surface area contributed by atoms with Gasteiger partial charge in [0.15, 0.2) is 0 Å². The van der Waals surface area contributed by atoms with Crippen LogP contribution in [0.2, 0.25) is 0 Å². The van der Waals surface area contributed by atoms with Gasteiger partial charge in [0.2, 0.25) is 0 Å². The van der Waals surface area contributed by atoms with Gasteiger partial charge in [-0.1, -0.05) is 29.5 Å². The van der Waals surface area contributed by atoms with Crippen LogP contribution in [0.3, 0.4) is 0 Å². The molecule has 0 unspecified atom stereocenters. The third-order valence-electron chi connectivity index (χ3n) is 1.45. The summed E-state index contributed by atoms with van der Waals surface area (Å²) in [5.41, 5.74) is 2.27. The largest absolute Gasteiger partial charge is 0.0925 e. The molecule has 0 aliphatic carbocycles. The fourth-order valence-electron chi connectivity index (χ4n) is 0.803. The highest BCUT2D eigenvalue weighted by Crippen LogP contribution is 2.00. The van der Waals surface area contributed by atoms with Crippen molar-refractivity contribution in [1.82, 2.24) is 0 Å². The summed E-state index contributed by atoms with van der Waals surface area (Å²) in [4.78, 5) is 0. The zero-order valence-corrected chi connectivity index (χ0v) is 7.31. The summed E-state index contributed by atoms with van der Waals surface area (Å²) < 4.78 is 0. The van der Waals surface area contributed by atoms with E-state index in [1.807, 2.05) is 24.3 Å². The second-order valence-corrected chi connectivity index (χ2v) is 2.49. The molecule has 0 aromatic heterocycles. The Kier molecular flexibility index (Phi) is 3.00. The molecule has 12 heavy (non-hydrogen) atoms. The predicted molar refractivity (Wildman–Crippen MR) is 51.5 cm³/mol. The van der Waals surface area contributed by atoms with E-state index in [0.717, 1.165) is 5.56 Å². The lowest BCUT2D eigenvalue weighted by Crippen LogP contribution is -1.73. The first-order chi connectivity index (χ1) is 5.83. The zero-order chi connectivity index (χ0) is 8.81. The van der Waals surface area contributed by atoms with Gasteiger partial charge < -0.3 is 0 Å². The van der Waals surface area contributed by atoms with Crippen LogP contribution in [0.15, 0.2) is 24.3 Å². The van der Waals surface area contributed by atoms with E-state index in [9.17, 15) is 0 Å². The van der Waals surface area contributed by atoms with Crippen molar-refractivity contribution in [1.29, 1.82) is 0 Å². The van der Waals surface area contributed by atoms with Crippen molar-refractivity contribution in [2.75, 3.05) is 0 Å². The molecule has 0 saturated carbocycles. The maximum atomic E-state index is 2.95. The van der Waals surface area contributed by atoms with Crippen LogP contribution in [-0.4, -0.2) is 0 Å². The Morgan fingerprint density at radius 2 is 1.67 bits per heavy atom. The summed E-state index contributed by atoms with van der Waals surface area (Å²) in [7, 11) is 0. The highest BCUT2D eigenvalue weighted by atomic mass is 13.9. The molecular weight excluding hydrogens is 144 g/mol. The molecule has 1 aromatic rings. The van der Waals surface area contributed by atoms with E-state index in [2.05, 4.69) is 30.6 Å². The highest BCUT2D eigenvalue weighted by Gasteiger charge is 1.83. The van der Waals surface area contributed by atoms with E-state index in [-0.39, 0.29) is 0 Å². The van der Waals surface area contributed by atoms with E-state index < -0.39 is 0 Å². The lowest BCUT2D eigenvalue weighted by atomic mass is 10.2. The van der Waals surface area contributed by atoms with Crippen LogP contribution < -0.4 is 0 Å². The molecule has 1 aromatic carbocycles. The van der Waals surface area contributed by atoms with Crippen LogP contribution in [-0.2, 0) is 0 Å². The third kappa shape index (κ3) is 2.52. The molecule has 0 fully saturated rings. The summed E-state index contributed by atoms with van der Waals surface area (Å²) in [5, 5.41) is 0. The van der Waals surface area contributed by atoms with Crippen molar-refractivity contribution in [2.24, 2.45) is 0 Å². The molecule has 0 bridgehead atoms. The molecule has 0 saturated heterocycles. The van der Waals surface area contributed by atoms with Crippen LogP contribution in [0.5, 0.6) is 0 Å². The fraction of sp³-hybridized carbons (Fsp3) is 0.167. The zero-order valence-electron chi connectivity index (χ0n) is 7.31. The summed E-state index contributed by atoms with van der Waals surface area (Å²) in [6.45, 7) is 3.84. The van der Waals surface area contributed by atoms with Gasteiger partial charge in [-0.05, 0) is 37.8 Å².